The van der Waals surface area contributed by atoms with E-state index in [0.717, 1.165) is 17.0 Å². The molecule has 1 aromatic rings. The van der Waals surface area contributed by atoms with E-state index in [0.29, 0.717) is 5.56 Å². The molecule has 0 spiro atoms. The summed E-state index contributed by atoms with van der Waals surface area (Å²) in [6.07, 6.45) is -3.05. The topological polar surface area (TPSA) is 96.3 Å². The third kappa shape index (κ3) is 5.55. The second-order valence-electron chi connectivity index (χ2n) is 4.83. The van der Waals surface area contributed by atoms with Gasteiger partial charge in [0.25, 0.3) is 0 Å². The van der Waals surface area contributed by atoms with Gasteiger partial charge in [-0.15, -0.1) is 13.2 Å². The van der Waals surface area contributed by atoms with Crippen molar-refractivity contribution >= 4 is 13.7 Å². The van der Waals surface area contributed by atoms with Crippen LogP contribution in [0.5, 0.6) is 5.75 Å². The maximum absolute atomic E-state index is 12.1. The number of amides is 1. The van der Waals surface area contributed by atoms with E-state index in [9.17, 15) is 22.5 Å². The highest BCUT2D eigenvalue weighted by molar-refractivity contribution is 7.46. The molecule has 1 aliphatic heterocycles. The molecular weight excluding hydrogens is 354 g/mol. The van der Waals surface area contributed by atoms with Crippen molar-refractivity contribution in [2.24, 2.45) is 0 Å². The Morgan fingerprint density at radius 1 is 1.21 bits per heavy atom. The van der Waals surface area contributed by atoms with E-state index in [1.54, 1.807) is 0 Å². The van der Waals surface area contributed by atoms with E-state index in [4.69, 9.17) is 9.79 Å². The zero-order valence-corrected chi connectivity index (χ0v) is 13.0. The second kappa shape index (κ2) is 6.84. The molecule has 0 atom stereocenters. The highest BCUT2D eigenvalue weighted by Crippen LogP contribution is 2.41. The van der Waals surface area contributed by atoms with Crippen LogP contribution in [0, 0.1) is 0 Å². The minimum Gasteiger partial charge on any atom is -0.406 e. The SMILES string of the molecule is O=C1CCC=C(OP(=O)(O)O)N1Cc1ccc(OC(F)(F)F)cc1. The van der Waals surface area contributed by atoms with Gasteiger partial charge in [-0.3, -0.25) is 19.5 Å². The van der Waals surface area contributed by atoms with Crippen molar-refractivity contribution < 1.29 is 41.6 Å². The third-order valence-electron chi connectivity index (χ3n) is 2.95. The van der Waals surface area contributed by atoms with Gasteiger partial charge in [-0.1, -0.05) is 12.1 Å². The summed E-state index contributed by atoms with van der Waals surface area (Å²) in [6.45, 7) is -0.114. The Hall–Kier alpha value is -2.03. The van der Waals surface area contributed by atoms with Crippen molar-refractivity contribution in [2.45, 2.75) is 25.7 Å². The molecule has 0 saturated carbocycles. The number of benzene rings is 1. The molecule has 2 N–H and O–H groups in total. The summed E-state index contributed by atoms with van der Waals surface area (Å²) in [7, 11) is -4.84. The number of alkyl halides is 3. The molecule has 1 aliphatic rings. The molecule has 24 heavy (non-hydrogen) atoms. The first kappa shape index (κ1) is 18.3. The van der Waals surface area contributed by atoms with Gasteiger partial charge in [0.15, 0.2) is 0 Å². The van der Waals surface area contributed by atoms with Crippen LogP contribution in [-0.4, -0.2) is 27.0 Å². The number of halogens is 3. The van der Waals surface area contributed by atoms with Crippen LogP contribution in [-0.2, 0) is 20.4 Å². The molecule has 0 unspecified atom stereocenters. The summed E-state index contributed by atoms with van der Waals surface area (Å²) in [4.78, 5) is 30.7. The lowest BCUT2D eigenvalue weighted by atomic mass is 10.1. The predicted molar refractivity (Wildman–Crippen MR) is 74.1 cm³/mol. The molecule has 1 amide bonds. The summed E-state index contributed by atoms with van der Waals surface area (Å²) in [5, 5.41) is 0. The molecule has 11 heteroatoms. The van der Waals surface area contributed by atoms with Crippen molar-refractivity contribution in [3.05, 3.63) is 41.8 Å². The van der Waals surface area contributed by atoms with Crippen LogP contribution in [0.2, 0.25) is 0 Å². The number of nitrogens with zero attached hydrogens (tertiary/aromatic N) is 1. The summed E-state index contributed by atoms with van der Waals surface area (Å²) >= 11 is 0. The van der Waals surface area contributed by atoms with Crippen LogP contribution in [0.4, 0.5) is 13.2 Å². The van der Waals surface area contributed by atoms with E-state index >= 15 is 0 Å². The normalized spacial score (nSPS) is 16.0. The number of rotatable bonds is 5. The molecule has 7 nitrogen and oxygen atoms in total. The van der Waals surface area contributed by atoms with Crippen molar-refractivity contribution in [1.82, 2.24) is 4.90 Å². The largest absolute Gasteiger partial charge is 0.573 e. The van der Waals surface area contributed by atoms with Gasteiger partial charge in [0.2, 0.25) is 11.8 Å². The van der Waals surface area contributed by atoms with E-state index in [2.05, 4.69) is 9.26 Å². The number of carbonyl (C=O) groups is 1. The van der Waals surface area contributed by atoms with Gasteiger partial charge in [-0.05, 0) is 30.2 Å². The summed E-state index contributed by atoms with van der Waals surface area (Å²) < 4.78 is 55.5. The smallest absolute Gasteiger partial charge is 0.406 e. The fourth-order valence-corrected chi connectivity index (χ4v) is 2.46. The van der Waals surface area contributed by atoms with Crippen molar-refractivity contribution in [3.8, 4) is 5.75 Å². The summed E-state index contributed by atoms with van der Waals surface area (Å²) in [5.74, 6) is -1.12. The number of hydrogen-bond donors (Lipinski definition) is 2. The number of phosphoric ester groups is 1. The molecule has 0 radical (unpaired) electrons. The first-order valence-electron chi connectivity index (χ1n) is 6.64. The molecule has 0 aromatic heterocycles. The minimum absolute atomic E-state index is 0.114. The standard InChI is InChI=1S/C13H13F3NO6P/c14-13(15,16)22-10-6-4-9(5-7-10)8-17-11(18)2-1-3-12(17)23-24(19,20)21/h3-7H,1-2,8H2,(H2,19,20,21). The van der Waals surface area contributed by atoms with E-state index < -0.39 is 25.8 Å². The van der Waals surface area contributed by atoms with Gasteiger partial charge in [0.1, 0.15) is 5.75 Å². The second-order valence-corrected chi connectivity index (χ2v) is 6.00. The van der Waals surface area contributed by atoms with Gasteiger partial charge in [-0.2, -0.15) is 0 Å². The van der Waals surface area contributed by atoms with Crippen LogP contribution in [0.15, 0.2) is 36.2 Å². The van der Waals surface area contributed by atoms with Crippen LogP contribution < -0.4 is 4.74 Å². The number of carbonyl (C=O) groups excluding carboxylic acids is 1. The average Bonchev–Trinajstić information content (AvgIpc) is 2.41. The Morgan fingerprint density at radius 3 is 2.38 bits per heavy atom. The minimum atomic E-state index is -4.84. The highest BCUT2D eigenvalue weighted by atomic mass is 31.2. The van der Waals surface area contributed by atoms with Crippen molar-refractivity contribution in [1.29, 1.82) is 0 Å². The number of phosphoric acid groups is 1. The molecule has 1 heterocycles. The Kier molecular flexibility index (Phi) is 5.22. The van der Waals surface area contributed by atoms with Gasteiger partial charge >= 0.3 is 14.2 Å². The molecule has 2 rings (SSSR count). The number of allylic oxidation sites excluding steroid dienone is 1. The zero-order valence-electron chi connectivity index (χ0n) is 12.1. The maximum Gasteiger partial charge on any atom is 0.573 e. The monoisotopic (exact) mass is 367 g/mol. The van der Waals surface area contributed by atoms with Gasteiger partial charge in [0, 0.05) is 6.42 Å². The molecule has 0 bridgehead atoms. The Morgan fingerprint density at radius 2 is 1.83 bits per heavy atom. The highest BCUT2D eigenvalue weighted by Gasteiger charge is 2.31. The van der Waals surface area contributed by atoms with E-state index in [-0.39, 0.29) is 25.3 Å². The molecular formula is C13H13F3NO6P. The molecule has 132 valence electrons. The lowest BCUT2D eigenvalue weighted by Crippen LogP contribution is -2.33. The van der Waals surface area contributed by atoms with Crippen LogP contribution in [0.3, 0.4) is 0 Å². The predicted octanol–water partition coefficient (Wildman–Crippen LogP) is 2.66. The Bertz CT molecular complexity index is 682. The number of hydrogen-bond acceptors (Lipinski definition) is 4. The first-order chi connectivity index (χ1) is 11.0. The van der Waals surface area contributed by atoms with Gasteiger partial charge in [-0.25, -0.2) is 4.57 Å². The molecule has 0 fully saturated rings. The van der Waals surface area contributed by atoms with Gasteiger partial charge in [0.05, 0.1) is 6.54 Å². The maximum atomic E-state index is 12.1. The average molecular weight is 367 g/mol. The van der Waals surface area contributed by atoms with Gasteiger partial charge < -0.3 is 9.26 Å². The fourth-order valence-electron chi connectivity index (χ4n) is 2.04. The fraction of sp³-hybridized carbons (Fsp3) is 0.308. The molecule has 0 saturated heterocycles. The third-order valence-corrected chi connectivity index (χ3v) is 3.38. The number of ether oxygens (including phenoxy) is 1. The van der Waals surface area contributed by atoms with Crippen molar-refractivity contribution in [3.63, 3.8) is 0 Å². The quantitative estimate of drug-likeness (QED) is 0.777. The summed E-state index contributed by atoms with van der Waals surface area (Å²) in [5.41, 5.74) is 0.431. The van der Waals surface area contributed by atoms with E-state index in [1.807, 2.05) is 0 Å². The molecule has 1 aromatic carbocycles. The molecule has 0 aliphatic carbocycles. The van der Waals surface area contributed by atoms with Crippen LogP contribution in [0.1, 0.15) is 18.4 Å². The lowest BCUT2D eigenvalue weighted by Gasteiger charge is -2.28. The van der Waals surface area contributed by atoms with E-state index in [1.165, 1.54) is 18.2 Å². The zero-order chi connectivity index (χ0) is 18.0. The van der Waals surface area contributed by atoms with Crippen molar-refractivity contribution in [2.75, 3.05) is 0 Å². The Balaban J connectivity index is 2.12. The first-order valence-corrected chi connectivity index (χ1v) is 8.17. The van der Waals surface area contributed by atoms with Crippen LogP contribution in [0.25, 0.3) is 0 Å². The van der Waals surface area contributed by atoms with Crippen LogP contribution >= 0.6 is 7.82 Å². The lowest BCUT2D eigenvalue weighted by molar-refractivity contribution is -0.274. The summed E-state index contributed by atoms with van der Waals surface area (Å²) in [6, 6.07) is 4.76. The Labute approximate surface area is 134 Å².